The number of hydrogen-bond donors (Lipinski definition) is 1. The van der Waals surface area contributed by atoms with Crippen LogP contribution in [0.2, 0.25) is 0 Å². The van der Waals surface area contributed by atoms with Gasteiger partial charge in [-0.3, -0.25) is 4.90 Å². The van der Waals surface area contributed by atoms with Crippen LogP contribution in [0.25, 0.3) is 0 Å². The van der Waals surface area contributed by atoms with Gasteiger partial charge < -0.3 is 10.2 Å². The van der Waals surface area contributed by atoms with Gasteiger partial charge in [-0.15, -0.1) is 0 Å². The Bertz CT molecular complexity index is 224. The van der Waals surface area contributed by atoms with Gasteiger partial charge in [0.05, 0.1) is 0 Å². The van der Waals surface area contributed by atoms with E-state index in [2.05, 4.69) is 36.0 Å². The number of rotatable bonds is 3. The van der Waals surface area contributed by atoms with Crippen LogP contribution in [0, 0.1) is 0 Å². The largest absolute Gasteiger partial charge is 0.314 e. The van der Waals surface area contributed by atoms with Gasteiger partial charge in [0.1, 0.15) is 0 Å². The molecule has 0 bridgehead atoms. The van der Waals surface area contributed by atoms with E-state index in [1.807, 2.05) is 0 Å². The van der Waals surface area contributed by atoms with Crippen LogP contribution in [0.3, 0.4) is 0 Å². The molecule has 0 aromatic carbocycles. The Morgan fingerprint density at radius 2 is 1.82 bits per heavy atom. The average Bonchev–Trinajstić information content (AvgIpc) is 2.31. The van der Waals surface area contributed by atoms with Crippen LogP contribution >= 0.6 is 0 Å². The first-order chi connectivity index (χ1) is 8.20. The van der Waals surface area contributed by atoms with Crippen molar-refractivity contribution in [1.29, 1.82) is 0 Å². The van der Waals surface area contributed by atoms with Crippen molar-refractivity contribution in [2.45, 2.75) is 57.7 Å². The van der Waals surface area contributed by atoms with Gasteiger partial charge in [0.25, 0.3) is 0 Å². The van der Waals surface area contributed by atoms with Gasteiger partial charge in [-0.2, -0.15) is 0 Å². The third kappa shape index (κ3) is 3.43. The maximum absolute atomic E-state index is 3.61. The molecule has 3 nitrogen and oxygen atoms in total. The topological polar surface area (TPSA) is 18.5 Å². The van der Waals surface area contributed by atoms with E-state index >= 15 is 0 Å². The zero-order chi connectivity index (χ0) is 12.3. The molecule has 2 atom stereocenters. The molecule has 1 N–H and O–H groups in total. The SMILES string of the molecule is CCNC1CCN(C2CCN(C)CC2)C(C)C1. The normalized spacial score (nSPS) is 34.1. The molecule has 2 unspecified atom stereocenters. The Labute approximate surface area is 107 Å². The lowest BCUT2D eigenvalue weighted by Gasteiger charge is -2.45. The molecular weight excluding hydrogens is 210 g/mol. The molecule has 100 valence electrons. The van der Waals surface area contributed by atoms with E-state index in [-0.39, 0.29) is 0 Å². The van der Waals surface area contributed by atoms with E-state index in [0.717, 1.165) is 24.7 Å². The molecule has 2 heterocycles. The number of nitrogens with one attached hydrogen (secondary N) is 1. The van der Waals surface area contributed by atoms with Gasteiger partial charge in [-0.25, -0.2) is 0 Å². The van der Waals surface area contributed by atoms with Crippen LogP contribution in [0.4, 0.5) is 0 Å². The van der Waals surface area contributed by atoms with E-state index in [4.69, 9.17) is 0 Å². The molecule has 0 aromatic rings. The molecule has 2 saturated heterocycles. The van der Waals surface area contributed by atoms with Crippen LogP contribution in [0.5, 0.6) is 0 Å². The van der Waals surface area contributed by atoms with Crippen molar-refractivity contribution in [2.75, 3.05) is 33.2 Å². The van der Waals surface area contributed by atoms with Crippen molar-refractivity contribution in [3.8, 4) is 0 Å². The fraction of sp³-hybridized carbons (Fsp3) is 1.00. The minimum Gasteiger partial charge on any atom is -0.314 e. The van der Waals surface area contributed by atoms with Crippen LogP contribution in [0.1, 0.15) is 39.5 Å². The van der Waals surface area contributed by atoms with E-state index in [9.17, 15) is 0 Å². The Kier molecular flexibility index (Phi) is 4.83. The molecule has 2 aliphatic heterocycles. The van der Waals surface area contributed by atoms with E-state index in [1.54, 1.807) is 0 Å². The lowest BCUT2D eigenvalue weighted by atomic mass is 9.93. The summed E-state index contributed by atoms with van der Waals surface area (Å²) in [6.07, 6.45) is 5.41. The number of nitrogens with zero attached hydrogens (tertiary/aromatic N) is 2. The minimum atomic E-state index is 0.762. The maximum Gasteiger partial charge on any atom is 0.0122 e. The Balaban J connectivity index is 1.82. The van der Waals surface area contributed by atoms with Gasteiger partial charge in [0, 0.05) is 24.7 Å². The fourth-order valence-corrected chi connectivity index (χ4v) is 3.53. The summed E-state index contributed by atoms with van der Waals surface area (Å²) in [5.41, 5.74) is 0. The summed E-state index contributed by atoms with van der Waals surface area (Å²) in [5.74, 6) is 0. The fourth-order valence-electron chi connectivity index (χ4n) is 3.53. The van der Waals surface area contributed by atoms with Gasteiger partial charge >= 0.3 is 0 Å². The zero-order valence-electron chi connectivity index (χ0n) is 11.8. The summed E-state index contributed by atoms with van der Waals surface area (Å²) >= 11 is 0. The van der Waals surface area contributed by atoms with Gasteiger partial charge in [-0.05, 0) is 59.3 Å². The molecular formula is C14H29N3. The third-order valence-corrected chi connectivity index (χ3v) is 4.58. The lowest BCUT2D eigenvalue weighted by Crippen LogP contribution is -2.53. The Hall–Kier alpha value is -0.120. The van der Waals surface area contributed by atoms with E-state index in [0.29, 0.717) is 0 Å². The van der Waals surface area contributed by atoms with Gasteiger partial charge in [0.2, 0.25) is 0 Å². The zero-order valence-corrected chi connectivity index (χ0v) is 11.8. The second-order valence-corrected chi connectivity index (χ2v) is 5.90. The number of piperidine rings is 2. The number of likely N-dealkylation sites (tertiary alicyclic amines) is 2. The second-order valence-electron chi connectivity index (χ2n) is 5.90. The summed E-state index contributed by atoms with van der Waals surface area (Å²) in [5, 5.41) is 3.61. The second kappa shape index (κ2) is 6.17. The molecule has 3 heteroatoms. The predicted octanol–water partition coefficient (Wildman–Crippen LogP) is 1.54. The first-order valence-corrected chi connectivity index (χ1v) is 7.38. The first kappa shape index (κ1) is 13.3. The first-order valence-electron chi connectivity index (χ1n) is 7.38. The number of hydrogen-bond acceptors (Lipinski definition) is 3. The van der Waals surface area contributed by atoms with E-state index in [1.165, 1.54) is 45.3 Å². The minimum absolute atomic E-state index is 0.762. The highest BCUT2D eigenvalue weighted by molar-refractivity contribution is 4.88. The lowest BCUT2D eigenvalue weighted by molar-refractivity contribution is 0.0530. The molecule has 17 heavy (non-hydrogen) atoms. The predicted molar refractivity (Wildman–Crippen MR) is 73.4 cm³/mol. The Morgan fingerprint density at radius 1 is 1.12 bits per heavy atom. The summed E-state index contributed by atoms with van der Waals surface area (Å²) in [7, 11) is 2.25. The van der Waals surface area contributed by atoms with Crippen molar-refractivity contribution in [3.63, 3.8) is 0 Å². The molecule has 0 aromatic heterocycles. The maximum atomic E-state index is 3.61. The van der Waals surface area contributed by atoms with Crippen LogP contribution in [-0.4, -0.2) is 61.2 Å². The summed E-state index contributed by atoms with van der Waals surface area (Å²) < 4.78 is 0. The van der Waals surface area contributed by atoms with Gasteiger partial charge in [0.15, 0.2) is 0 Å². The quantitative estimate of drug-likeness (QED) is 0.806. The van der Waals surface area contributed by atoms with Crippen molar-refractivity contribution in [3.05, 3.63) is 0 Å². The summed E-state index contributed by atoms with van der Waals surface area (Å²) in [6.45, 7) is 9.61. The highest BCUT2D eigenvalue weighted by atomic mass is 15.2. The molecule has 0 aliphatic carbocycles. The molecule has 0 saturated carbocycles. The monoisotopic (exact) mass is 239 g/mol. The highest BCUT2D eigenvalue weighted by Crippen LogP contribution is 2.24. The van der Waals surface area contributed by atoms with Crippen LogP contribution < -0.4 is 5.32 Å². The Morgan fingerprint density at radius 3 is 2.41 bits per heavy atom. The van der Waals surface area contributed by atoms with Crippen molar-refractivity contribution >= 4 is 0 Å². The third-order valence-electron chi connectivity index (χ3n) is 4.58. The molecule has 0 amide bonds. The van der Waals surface area contributed by atoms with Crippen molar-refractivity contribution in [1.82, 2.24) is 15.1 Å². The van der Waals surface area contributed by atoms with Crippen LogP contribution in [-0.2, 0) is 0 Å². The van der Waals surface area contributed by atoms with E-state index < -0.39 is 0 Å². The summed E-state index contributed by atoms with van der Waals surface area (Å²) in [6, 6.07) is 2.38. The molecule has 2 rings (SSSR count). The van der Waals surface area contributed by atoms with Crippen molar-refractivity contribution in [2.24, 2.45) is 0 Å². The molecule has 2 fully saturated rings. The average molecular weight is 239 g/mol. The van der Waals surface area contributed by atoms with Crippen molar-refractivity contribution < 1.29 is 0 Å². The standard InChI is InChI=1S/C14H29N3/c1-4-15-13-5-10-17(12(2)11-13)14-6-8-16(3)9-7-14/h12-15H,4-11H2,1-3H3. The molecule has 0 spiro atoms. The van der Waals surface area contributed by atoms with Crippen LogP contribution in [0.15, 0.2) is 0 Å². The smallest absolute Gasteiger partial charge is 0.0122 e. The molecule has 2 aliphatic rings. The molecule has 0 radical (unpaired) electrons. The highest BCUT2D eigenvalue weighted by Gasteiger charge is 2.31. The van der Waals surface area contributed by atoms with Gasteiger partial charge in [-0.1, -0.05) is 6.92 Å². The summed E-state index contributed by atoms with van der Waals surface area (Å²) in [4.78, 5) is 5.24.